The molecule has 2 aromatic carbocycles. The van der Waals surface area contributed by atoms with Crippen LogP contribution >= 0.6 is 11.8 Å². The van der Waals surface area contributed by atoms with Crippen molar-refractivity contribution in [3.8, 4) is 11.8 Å². The predicted octanol–water partition coefficient (Wildman–Crippen LogP) is 4.61. The number of amides is 1. The minimum absolute atomic E-state index is 0.0627. The Balaban J connectivity index is 1.59. The quantitative estimate of drug-likeness (QED) is 0.743. The molecule has 0 saturated carbocycles. The molecular weight excluding hydrogens is 382 g/mol. The highest BCUT2D eigenvalue weighted by atomic mass is 32.2. The van der Waals surface area contributed by atoms with Gasteiger partial charge in [-0.2, -0.15) is 5.26 Å². The fourth-order valence-electron chi connectivity index (χ4n) is 3.73. The summed E-state index contributed by atoms with van der Waals surface area (Å²) in [5.74, 6) is 1.43. The molecule has 5 nitrogen and oxygen atoms in total. The lowest BCUT2D eigenvalue weighted by Gasteiger charge is -2.42. The average molecular weight is 406 g/mol. The molecule has 0 radical (unpaired) electrons. The molecule has 0 bridgehead atoms. The first kappa shape index (κ1) is 19.4. The van der Waals surface area contributed by atoms with Gasteiger partial charge in [-0.25, -0.2) is 0 Å². The van der Waals surface area contributed by atoms with Crippen molar-refractivity contribution < 1.29 is 9.53 Å². The summed E-state index contributed by atoms with van der Waals surface area (Å²) in [7, 11) is 0. The van der Waals surface area contributed by atoms with E-state index in [2.05, 4.69) is 11.0 Å². The molecule has 4 rings (SSSR count). The molecule has 0 N–H and O–H groups in total. The van der Waals surface area contributed by atoms with Crippen LogP contribution < -0.4 is 9.64 Å². The summed E-state index contributed by atoms with van der Waals surface area (Å²) in [4.78, 5) is 16.9. The molecule has 2 aromatic rings. The normalized spacial score (nSPS) is 19.1. The summed E-state index contributed by atoms with van der Waals surface area (Å²) >= 11 is 1.56. The third kappa shape index (κ3) is 3.83. The van der Waals surface area contributed by atoms with Crippen LogP contribution in [0.4, 0.5) is 5.69 Å². The van der Waals surface area contributed by atoms with Crippen LogP contribution in [-0.4, -0.2) is 30.0 Å². The van der Waals surface area contributed by atoms with Crippen LogP contribution in [0.2, 0.25) is 0 Å². The fraction of sp³-hybridized carbons (Fsp3) is 0.304. The Morgan fingerprint density at radius 1 is 1.17 bits per heavy atom. The summed E-state index contributed by atoms with van der Waals surface area (Å²) in [6, 6.07) is 18.4. The molecule has 2 heterocycles. The Labute approximate surface area is 175 Å². The van der Waals surface area contributed by atoms with Crippen LogP contribution in [0.5, 0.6) is 5.75 Å². The Bertz CT molecular complexity index is 977. The molecular formula is C23H23N3O2S. The van der Waals surface area contributed by atoms with E-state index >= 15 is 0 Å². The van der Waals surface area contributed by atoms with Crippen LogP contribution in [0, 0.1) is 18.3 Å². The Morgan fingerprint density at radius 3 is 2.55 bits per heavy atom. The number of thioether (sulfide) groups is 1. The highest BCUT2D eigenvalue weighted by Crippen LogP contribution is 2.43. The van der Waals surface area contributed by atoms with Crippen molar-refractivity contribution in [2.24, 2.45) is 0 Å². The van der Waals surface area contributed by atoms with E-state index in [1.807, 2.05) is 62.4 Å². The highest BCUT2D eigenvalue weighted by molar-refractivity contribution is 8.03. The smallest absolute Gasteiger partial charge is 0.229 e. The third-order valence-electron chi connectivity index (χ3n) is 5.29. The van der Waals surface area contributed by atoms with Crippen molar-refractivity contribution >= 4 is 23.4 Å². The van der Waals surface area contributed by atoms with E-state index in [1.54, 1.807) is 16.7 Å². The van der Waals surface area contributed by atoms with Gasteiger partial charge in [0.25, 0.3) is 0 Å². The van der Waals surface area contributed by atoms with Crippen molar-refractivity contribution in [2.75, 3.05) is 24.1 Å². The average Bonchev–Trinajstić information content (AvgIpc) is 2.75. The van der Waals surface area contributed by atoms with E-state index in [0.717, 1.165) is 22.0 Å². The summed E-state index contributed by atoms with van der Waals surface area (Å²) in [6.07, 6.45) is 0.327. The number of carbonyl (C=O) groups excluding carboxylic acids is 1. The van der Waals surface area contributed by atoms with Gasteiger partial charge in [-0.15, -0.1) is 0 Å². The van der Waals surface area contributed by atoms with E-state index < -0.39 is 0 Å². The van der Waals surface area contributed by atoms with Crippen LogP contribution in [0.3, 0.4) is 0 Å². The molecule has 1 saturated heterocycles. The number of nitrogens with zero attached hydrogens (tertiary/aromatic N) is 3. The fourth-order valence-corrected chi connectivity index (χ4v) is 4.90. The molecule has 1 amide bonds. The van der Waals surface area contributed by atoms with E-state index in [0.29, 0.717) is 31.1 Å². The van der Waals surface area contributed by atoms with Crippen molar-refractivity contribution in [1.82, 2.24) is 4.90 Å². The van der Waals surface area contributed by atoms with Crippen molar-refractivity contribution in [3.63, 3.8) is 0 Å². The van der Waals surface area contributed by atoms with Gasteiger partial charge in [-0.3, -0.25) is 9.69 Å². The molecule has 1 fully saturated rings. The van der Waals surface area contributed by atoms with Crippen molar-refractivity contribution in [1.29, 1.82) is 5.26 Å². The number of hydrogen-bond acceptors (Lipinski definition) is 5. The molecule has 0 spiro atoms. The standard InChI is InChI=1S/C23H23N3O2S/c1-3-28-19-10-8-18(9-11-19)25-14-26-22(27)12-20(17-6-4-16(2)5-7-17)21(13-24)23(26)29-15-25/h4-11,20H,3,12,14-15H2,1-2H3. The number of aryl methyl sites for hydroxylation is 1. The lowest BCUT2D eigenvalue weighted by atomic mass is 9.86. The van der Waals surface area contributed by atoms with E-state index in [1.165, 1.54) is 5.56 Å². The second-order valence-electron chi connectivity index (χ2n) is 7.20. The van der Waals surface area contributed by atoms with Gasteiger partial charge in [-0.05, 0) is 43.7 Å². The first-order valence-corrected chi connectivity index (χ1v) is 10.7. The van der Waals surface area contributed by atoms with E-state index in [9.17, 15) is 10.1 Å². The van der Waals surface area contributed by atoms with Crippen molar-refractivity contribution in [3.05, 3.63) is 70.3 Å². The lowest BCUT2D eigenvalue weighted by Crippen LogP contribution is -2.47. The second-order valence-corrected chi connectivity index (χ2v) is 8.13. The summed E-state index contributed by atoms with van der Waals surface area (Å²) in [5, 5.41) is 10.7. The third-order valence-corrected chi connectivity index (χ3v) is 6.44. The Kier molecular flexibility index (Phi) is 5.50. The van der Waals surface area contributed by atoms with Crippen LogP contribution in [0.1, 0.15) is 30.4 Å². The van der Waals surface area contributed by atoms with Gasteiger partial charge < -0.3 is 9.64 Å². The topological polar surface area (TPSA) is 56.6 Å². The van der Waals surface area contributed by atoms with Crippen LogP contribution in [-0.2, 0) is 4.79 Å². The van der Waals surface area contributed by atoms with E-state index in [4.69, 9.17) is 4.74 Å². The molecule has 2 aliphatic heterocycles. The molecule has 6 heteroatoms. The number of benzene rings is 2. The van der Waals surface area contributed by atoms with Crippen LogP contribution in [0.25, 0.3) is 0 Å². The minimum Gasteiger partial charge on any atom is -0.494 e. The number of allylic oxidation sites excluding steroid dienone is 1. The van der Waals surface area contributed by atoms with Gasteiger partial charge in [-0.1, -0.05) is 41.6 Å². The number of rotatable bonds is 4. The lowest BCUT2D eigenvalue weighted by molar-refractivity contribution is -0.129. The predicted molar refractivity (Wildman–Crippen MR) is 115 cm³/mol. The highest BCUT2D eigenvalue weighted by Gasteiger charge is 2.38. The number of fused-ring (bicyclic) bond motifs is 1. The first-order valence-electron chi connectivity index (χ1n) is 9.72. The van der Waals surface area contributed by atoms with Gasteiger partial charge >= 0.3 is 0 Å². The first-order chi connectivity index (χ1) is 14.1. The van der Waals surface area contributed by atoms with Crippen molar-refractivity contribution in [2.45, 2.75) is 26.2 Å². The molecule has 29 heavy (non-hydrogen) atoms. The molecule has 2 aliphatic rings. The Morgan fingerprint density at radius 2 is 1.90 bits per heavy atom. The zero-order valence-corrected chi connectivity index (χ0v) is 17.4. The minimum atomic E-state index is -0.163. The molecule has 0 aromatic heterocycles. The number of nitriles is 1. The van der Waals surface area contributed by atoms with Gasteiger partial charge in [0.05, 0.1) is 35.8 Å². The zero-order chi connectivity index (χ0) is 20.4. The maximum Gasteiger partial charge on any atom is 0.229 e. The second kappa shape index (κ2) is 8.22. The molecule has 0 aliphatic carbocycles. The zero-order valence-electron chi connectivity index (χ0n) is 16.6. The summed E-state index contributed by atoms with van der Waals surface area (Å²) in [5.41, 5.74) is 3.93. The molecule has 148 valence electrons. The molecule has 1 unspecified atom stereocenters. The number of carbonyl (C=O) groups is 1. The summed E-state index contributed by atoms with van der Waals surface area (Å²) in [6.45, 7) is 5.09. The monoisotopic (exact) mass is 405 g/mol. The number of anilines is 1. The number of hydrogen-bond donors (Lipinski definition) is 0. The van der Waals surface area contributed by atoms with E-state index in [-0.39, 0.29) is 11.8 Å². The largest absolute Gasteiger partial charge is 0.494 e. The van der Waals surface area contributed by atoms with Gasteiger partial charge in [0.1, 0.15) is 5.75 Å². The summed E-state index contributed by atoms with van der Waals surface area (Å²) < 4.78 is 5.51. The number of ether oxygens (including phenoxy) is 1. The SMILES string of the molecule is CCOc1ccc(N2CSC3=C(C#N)C(c4ccc(C)cc4)CC(=O)N3C2)cc1. The Hall–Kier alpha value is -2.91. The van der Waals surface area contributed by atoms with Crippen LogP contribution in [0.15, 0.2) is 59.1 Å². The van der Waals surface area contributed by atoms with Gasteiger partial charge in [0, 0.05) is 18.0 Å². The maximum absolute atomic E-state index is 13.0. The van der Waals surface area contributed by atoms with Gasteiger partial charge in [0.15, 0.2) is 0 Å². The van der Waals surface area contributed by atoms with Gasteiger partial charge in [0.2, 0.25) is 5.91 Å². The maximum atomic E-state index is 13.0. The molecule has 1 atom stereocenters.